The third-order valence-corrected chi connectivity index (χ3v) is 3.78. The van der Waals surface area contributed by atoms with Gasteiger partial charge in [-0.05, 0) is 36.4 Å². The Morgan fingerprint density at radius 3 is 2.83 bits per heavy atom. The van der Waals surface area contributed by atoms with Crippen LogP contribution in [0.4, 0.5) is 0 Å². The van der Waals surface area contributed by atoms with Gasteiger partial charge in [0.1, 0.15) is 0 Å². The minimum atomic E-state index is 0.0674. The molecule has 0 aliphatic carbocycles. The fraction of sp³-hybridized carbons (Fsp3) is 0.462. The molecule has 2 N–H and O–H groups in total. The van der Waals surface area contributed by atoms with E-state index in [-0.39, 0.29) is 12.1 Å². The average molecular weight is 264 g/mol. The summed E-state index contributed by atoms with van der Waals surface area (Å²) in [6.07, 6.45) is 3.94. The molecule has 0 aromatic carbocycles. The van der Waals surface area contributed by atoms with Crippen molar-refractivity contribution in [1.82, 2.24) is 14.7 Å². The lowest BCUT2D eigenvalue weighted by molar-refractivity contribution is 0.211. The Bertz CT molecular complexity index is 475. The van der Waals surface area contributed by atoms with Crippen molar-refractivity contribution >= 4 is 11.3 Å². The maximum atomic E-state index is 6.13. The molecule has 98 valence electrons. The molecule has 5 heteroatoms. The standard InChI is InChI=1S/C13H20N4S/c1-10(14)13(12-6-15-17(3)8-12)16(2)7-11-4-5-18-9-11/h4-6,8-10,13H,7,14H2,1-3H3. The zero-order chi connectivity index (χ0) is 13.1. The second kappa shape index (κ2) is 5.65. The number of likely N-dealkylation sites (N-methyl/N-ethyl adjacent to an activating group) is 1. The van der Waals surface area contributed by atoms with Crippen molar-refractivity contribution in [2.75, 3.05) is 7.05 Å². The number of nitrogens with zero attached hydrogens (tertiary/aromatic N) is 3. The van der Waals surface area contributed by atoms with Gasteiger partial charge in [-0.1, -0.05) is 0 Å². The van der Waals surface area contributed by atoms with E-state index in [0.717, 1.165) is 6.54 Å². The zero-order valence-electron chi connectivity index (χ0n) is 11.1. The van der Waals surface area contributed by atoms with Gasteiger partial charge in [0.2, 0.25) is 0 Å². The van der Waals surface area contributed by atoms with Gasteiger partial charge in [-0.15, -0.1) is 0 Å². The molecule has 0 radical (unpaired) electrons. The smallest absolute Gasteiger partial charge is 0.0538 e. The molecule has 2 rings (SSSR count). The molecule has 0 spiro atoms. The van der Waals surface area contributed by atoms with E-state index in [4.69, 9.17) is 5.73 Å². The molecule has 0 aliphatic rings. The summed E-state index contributed by atoms with van der Waals surface area (Å²) in [6.45, 7) is 2.95. The van der Waals surface area contributed by atoms with E-state index in [1.807, 2.05) is 31.0 Å². The predicted molar refractivity (Wildman–Crippen MR) is 75.4 cm³/mol. The van der Waals surface area contributed by atoms with Crippen LogP contribution in [0.1, 0.15) is 24.1 Å². The van der Waals surface area contributed by atoms with Crippen LogP contribution in [-0.2, 0) is 13.6 Å². The molecule has 0 saturated carbocycles. The summed E-state index contributed by atoms with van der Waals surface area (Å²) in [6, 6.07) is 2.42. The highest BCUT2D eigenvalue weighted by Gasteiger charge is 2.22. The Kier molecular flexibility index (Phi) is 4.16. The van der Waals surface area contributed by atoms with E-state index in [2.05, 4.69) is 33.9 Å². The fourth-order valence-corrected chi connectivity index (χ4v) is 2.98. The Labute approximate surface area is 112 Å². The summed E-state index contributed by atoms with van der Waals surface area (Å²) in [5, 5.41) is 8.52. The van der Waals surface area contributed by atoms with Gasteiger partial charge in [-0.2, -0.15) is 16.4 Å². The van der Waals surface area contributed by atoms with Gasteiger partial charge in [-0.3, -0.25) is 9.58 Å². The third kappa shape index (κ3) is 2.98. The molecule has 0 amide bonds. The molecule has 2 heterocycles. The zero-order valence-corrected chi connectivity index (χ0v) is 11.9. The highest BCUT2D eigenvalue weighted by molar-refractivity contribution is 7.07. The molecule has 2 aromatic rings. The molecule has 0 bridgehead atoms. The Morgan fingerprint density at radius 1 is 1.56 bits per heavy atom. The van der Waals surface area contributed by atoms with Crippen LogP contribution < -0.4 is 5.73 Å². The number of nitrogens with two attached hydrogens (primary N) is 1. The number of hydrogen-bond donors (Lipinski definition) is 1. The molecule has 2 unspecified atom stereocenters. The van der Waals surface area contributed by atoms with Crippen molar-refractivity contribution in [3.05, 3.63) is 40.3 Å². The lowest BCUT2D eigenvalue weighted by atomic mass is 10.0. The van der Waals surface area contributed by atoms with Gasteiger partial charge < -0.3 is 5.73 Å². The van der Waals surface area contributed by atoms with Crippen molar-refractivity contribution in [2.24, 2.45) is 12.8 Å². The molecular formula is C13H20N4S. The Morgan fingerprint density at radius 2 is 2.33 bits per heavy atom. The number of thiophene rings is 1. The van der Waals surface area contributed by atoms with E-state index < -0.39 is 0 Å². The Hall–Kier alpha value is -1.17. The number of rotatable bonds is 5. The topological polar surface area (TPSA) is 47.1 Å². The van der Waals surface area contributed by atoms with Crippen molar-refractivity contribution in [3.63, 3.8) is 0 Å². The molecule has 2 atom stereocenters. The van der Waals surface area contributed by atoms with E-state index in [1.54, 1.807) is 11.3 Å². The van der Waals surface area contributed by atoms with Crippen LogP contribution in [-0.4, -0.2) is 27.8 Å². The Balaban J connectivity index is 2.15. The normalized spacial score (nSPS) is 14.9. The molecule has 4 nitrogen and oxygen atoms in total. The largest absolute Gasteiger partial charge is 0.326 e. The lowest BCUT2D eigenvalue weighted by Gasteiger charge is -2.30. The first-order valence-electron chi connectivity index (χ1n) is 6.03. The summed E-state index contributed by atoms with van der Waals surface area (Å²) in [4.78, 5) is 2.28. The fourth-order valence-electron chi connectivity index (χ4n) is 2.32. The van der Waals surface area contributed by atoms with E-state index in [9.17, 15) is 0 Å². The van der Waals surface area contributed by atoms with E-state index >= 15 is 0 Å². The summed E-state index contributed by atoms with van der Waals surface area (Å²) in [5.74, 6) is 0. The van der Waals surface area contributed by atoms with Crippen LogP contribution >= 0.6 is 11.3 Å². The maximum Gasteiger partial charge on any atom is 0.0538 e. The van der Waals surface area contributed by atoms with Crippen LogP contribution in [0, 0.1) is 0 Å². The minimum Gasteiger partial charge on any atom is -0.326 e. The minimum absolute atomic E-state index is 0.0674. The van der Waals surface area contributed by atoms with Gasteiger partial charge in [0.25, 0.3) is 0 Å². The summed E-state index contributed by atoms with van der Waals surface area (Å²) in [7, 11) is 4.04. The second-order valence-electron chi connectivity index (χ2n) is 4.80. The van der Waals surface area contributed by atoms with Gasteiger partial charge in [0.15, 0.2) is 0 Å². The first-order valence-corrected chi connectivity index (χ1v) is 6.97. The van der Waals surface area contributed by atoms with Crippen LogP contribution in [0.3, 0.4) is 0 Å². The number of aryl methyl sites for hydroxylation is 1. The van der Waals surface area contributed by atoms with Gasteiger partial charge in [0, 0.05) is 31.4 Å². The lowest BCUT2D eigenvalue weighted by Crippen LogP contribution is -2.36. The number of aromatic nitrogens is 2. The summed E-state index contributed by atoms with van der Waals surface area (Å²) < 4.78 is 1.82. The van der Waals surface area contributed by atoms with Crippen molar-refractivity contribution in [1.29, 1.82) is 0 Å². The quantitative estimate of drug-likeness (QED) is 0.898. The first kappa shape index (κ1) is 13.3. The average Bonchev–Trinajstić information content (AvgIpc) is 2.90. The maximum absolute atomic E-state index is 6.13. The predicted octanol–water partition coefficient (Wildman–Crippen LogP) is 2.00. The van der Waals surface area contributed by atoms with Crippen molar-refractivity contribution in [3.8, 4) is 0 Å². The summed E-state index contributed by atoms with van der Waals surface area (Å²) >= 11 is 1.73. The van der Waals surface area contributed by atoms with E-state index in [1.165, 1.54) is 11.1 Å². The molecule has 0 fully saturated rings. The summed E-state index contributed by atoms with van der Waals surface area (Å²) in [5.41, 5.74) is 8.63. The molecule has 18 heavy (non-hydrogen) atoms. The van der Waals surface area contributed by atoms with Crippen LogP contribution in [0.5, 0.6) is 0 Å². The molecule has 2 aromatic heterocycles. The highest BCUT2D eigenvalue weighted by Crippen LogP contribution is 2.23. The van der Waals surface area contributed by atoms with Gasteiger partial charge in [-0.25, -0.2) is 0 Å². The van der Waals surface area contributed by atoms with Crippen LogP contribution in [0.15, 0.2) is 29.2 Å². The first-order chi connectivity index (χ1) is 8.58. The molecular weight excluding hydrogens is 244 g/mol. The highest BCUT2D eigenvalue weighted by atomic mass is 32.1. The van der Waals surface area contributed by atoms with Crippen LogP contribution in [0.25, 0.3) is 0 Å². The monoisotopic (exact) mass is 264 g/mol. The van der Waals surface area contributed by atoms with Gasteiger partial charge >= 0.3 is 0 Å². The van der Waals surface area contributed by atoms with E-state index in [0.29, 0.717) is 0 Å². The van der Waals surface area contributed by atoms with Crippen molar-refractivity contribution < 1.29 is 0 Å². The molecule has 0 saturated heterocycles. The molecule has 0 aliphatic heterocycles. The van der Waals surface area contributed by atoms with Crippen molar-refractivity contribution in [2.45, 2.75) is 25.6 Å². The SMILES string of the molecule is CC(N)C(c1cnn(C)c1)N(C)Cc1ccsc1. The third-order valence-electron chi connectivity index (χ3n) is 3.05. The van der Waals surface area contributed by atoms with Gasteiger partial charge in [0.05, 0.1) is 12.2 Å². The van der Waals surface area contributed by atoms with Crippen LogP contribution in [0.2, 0.25) is 0 Å². The second-order valence-corrected chi connectivity index (χ2v) is 5.58. The number of hydrogen-bond acceptors (Lipinski definition) is 4.